The first-order chi connectivity index (χ1) is 13.5. The Bertz CT molecular complexity index is 1060. The number of benzene rings is 3. The van der Waals surface area contributed by atoms with E-state index in [0.717, 1.165) is 10.6 Å². The Morgan fingerprint density at radius 3 is 2.32 bits per heavy atom. The van der Waals surface area contributed by atoms with Crippen LogP contribution in [0, 0.1) is 0 Å². The highest BCUT2D eigenvalue weighted by Gasteiger charge is 2.32. The number of phenolic OH excluding ortho intramolecular Hbond substituents is 2. The van der Waals surface area contributed by atoms with Crippen LogP contribution in [0.25, 0.3) is 11.1 Å². The van der Waals surface area contributed by atoms with Crippen LogP contribution in [-0.4, -0.2) is 27.1 Å². The molecule has 0 aliphatic carbocycles. The molecule has 3 aromatic carbocycles. The molecule has 4 rings (SSSR count). The van der Waals surface area contributed by atoms with Gasteiger partial charge in [-0.25, -0.2) is 0 Å². The molecule has 0 bridgehead atoms. The summed E-state index contributed by atoms with van der Waals surface area (Å²) in [4.78, 5) is 30.7. The van der Waals surface area contributed by atoms with Crippen LogP contribution >= 0.6 is 0 Å². The first-order valence-corrected chi connectivity index (χ1v) is 8.72. The predicted molar refractivity (Wildman–Crippen MR) is 101 cm³/mol. The van der Waals surface area contributed by atoms with E-state index in [9.17, 15) is 19.8 Å². The fraction of sp³-hybridized carbons (Fsp3) is 0.0909. The molecule has 0 saturated heterocycles. The van der Waals surface area contributed by atoms with Gasteiger partial charge in [0.2, 0.25) is 0 Å². The number of phenols is 2. The first-order valence-electron chi connectivity index (χ1n) is 8.72. The first kappa shape index (κ1) is 17.8. The second-order valence-corrected chi connectivity index (χ2v) is 6.50. The van der Waals surface area contributed by atoms with Gasteiger partial charge in [-0.15, -0.1) is 5.06 Å². The highest BCUT2D eigenvalue weighted by atomic mass is 16.7. The molecule has 0 aromatic heterocycles. The van der Waals surface area contributed by atoms with Crippen molar-refractivity contribution in [2.45, 2.75) is 13.0 Å². The van der Waals surface area contributed by atoms with Gasteiger partial charge < -0.3 is 10.2 Å². The van der Waals surface area contributed by atoms with Crippen LogP contribution in [-0.2, 0) is 22.7 Å². The minimum absolute atomic E-state index is 0.0664. The number of rotatable bonds is 4. The number of imide groups is 1. The Morgan fingerprint density at radius 1 is 0.857 bits per heavy atom. The maximum absolute atomic E-state index is 12.8. The monoisotopic (exact) mass is 375 g/mol. The van der Waals surface area contributed by atoms with E-state index in [1.54, 1.807) is 24.3 Å². The van der Waals surface area contributed by atoms with Crippen LogP contribution in [0.4, 0.5) is 0 Å². The zero-order chi connectivity index (χ0) is 19.7. The minimum Gasteiger partial charge on any atom is -0.504 e. The number of hydrogen-bond acceptors (Lipinski definition) is 5. The molecule has 3 aromatic rings. The smallest absolute Gasteiger partial charge is 0.285 e. The maximum Gasteiger partial charge on any atom is 0.285 e. The lowest BCUT2D eigenvalue weighted by Crippen LogP contribution is -2.42. The van der Waals surface area contributed by atoms with Crippen LogP contribution in [0.15, 0.2) is 66.7 Å². The van der Waals surface area contributed by atoms with Crippen molar-refractivity contribution >= 4 is 11.8 Å². The zero-order valence-electron chi connectivity index (χ0n) is 14.8. The number of hydroxylamine groups is 2. The highest BCUT2D eigenvalue weighted by Crippen LogP contribution is 2.32. The van der Waals surface area contributed by atoms with Gasteiger partial charge in [0.05, 0.1) is 6.42 Å². The van der Waals surface area contributed by atoms with Crippen LogP contribution < -0.4 is 0 Å². The summed E-state index contributed by atoms with van der Waals surface area (Å²) in [7, 11) is 0. The van der Waals surface area contributed by atoms with E-state index in [1.807, 2.05) is 30.3 Å². The van der Waals surface area contributed by atoms with E-state index in [-0.39, 0.29) is 24.5 Å². The fourth-order valence-electron chi connectivity index (χ4n) is 3.11. The molecule has 28 heavy (non-hydrogen) atoms. The van der Waals surface area contributed by atoms with Gasteiger partial charge >= 0.3 is 0 Å². The van der Waals surface area contributed by atoms with Crippen molar-refractivity contribution in [2.75, 3.05) is 0 Å². The number of carbonyl (C=O) groups excluding carboxylic acids is 2. The highest BCUT2D eigenvalue weighted by molar-refractivity contribution is 6.09. The van der Waals surface area contributed by atoms with Gasteiger partial charge in [-0.05, 0) is 40.5 Å². The van der Waals surface area contributed by atoms with Crippen molar-refractivity contribution in [2.24, 2.45) is 0 Å². The molecule has 0 unspecified atom stereocenters. The van der Waals surface area contributed by atoms with Crippen molar-refractivity contribution in [1.29, 1.82) is 0 Å². The van der Waals surface area contributed by atoms with Crippen molar-refractivity contribution < 1.29 is 24.6 Å². The van der Waals surface area contributed by atoms with E-state index in [1.165, 1.54) is 12.1 Å². The van der Waals surface area contributed by atoms with Gasteiger partial charge in [0.15, 0.2) is 11.5 Å². The second-order valence-electron chi connectivity index (χ2n) is 6.50. The van der Waals surface area contributed by atoms with E-state index in [4.69, 9.17) is 4.84 Å². The van der Waals surface area contributed by atoms with E-state index < -0.39 is 11.8 Å². The summed E-state index contributed by atoms with van der Waals surface area (Å²) in [5, 5.41) is 20.0. The second kappa shape index (κ2) is 7.17. The van der Waals surface area contributed by atoms with Crippen LogP contribution in [0.3, 0.4) is 0 Å². The number of fused-ring (bicyclic) bond motifs is 1. The summed E-state index contributed by atoms with van der Waals surface area (Å²) < 4.78 is 0. The molecule has 1 aliphatic heterocycles. The summed E-state index contributed by atoms with van der Waals surface area (Å²) in [6.45, 7) is 0.110. The van der Waals surface area contributed by atoms with Crippen LogP contribution in [0.2, 0.25) is 0 Å². The number of nitrogens with zero attached hydrogens (tertiary/aromatic N) is 1. The third-order valence-electron chi connectivity index (χ3n) is 4.60. The molecule has 0 saturated carbocycles. The van der Waals surface area contributed by atoms with Crippen LogP contribution in [0.5, 0.6) is 11.5 Å². The summed E-state index contributed by atoms with van der Waals surface area (Å²) in [5.41, 5.74) is 3.17. The molecular weight excluding hydrogens is 358 g/mol. The van der Waals surface area contributed by atoms with Crippen molar-refractivity contribution in [3.8, 4) is 22.6 Å². The van der Waals surface area contributed by atoms with Crippen LogP contribution in [0.1, 0.15) is 21.5 Å². The molecule has 0 spiro atoms. The van der Waals surface area contributed by atoms with Gasteiger partial charge in [-0.3, -0.25) is 14.4 Å². The van der Waals surface area contributed by atoms with Gasteiger partial charge in [0, 0.05) is 5.56 Å². The third kappa shape index (κ3) is 3.33. The lowest BCUT2D eigenvalue weighted by atomic mass is 9.94. The largest absolute Gasteiger partial charge is 0.504 e. The molecule has 1 heterocycles. The number of carbonyl (C=O) groups is 2. The van der Waals surface area contributed by atoms with Gasteiger partial charge in [-0.2, -0.15) is 0 Å². The molecule has 1 aliphatic rings. The maximum atomic E-state index is 12.8. The molecule has 2 N–H and O–H groups in total. The minimum atomic E-state index is -0.521. The summed E-state index contributed by atoms with van der Waals surface area (Å²) in [5.74, 6) is -1.40. The normalized spacial score (nSPS) is 13.5. The Morgan fingerprint density at radius 2 is 1.57 bits per heavy atom. The molecule has 6 nitrogen and oxygen atoms in total. The Labute approximate surface area is 161 Å². The molecular formula is C22H17NO5. The Balaban J connectivity index is 1.61. The molecule has 0 fully saturated rings. The Kier molecular flexibility index (Phi) is 4.55. The van der Waals surface area contributed by atoms with Crippen molar-refractivity contribution in [3.05, 3.63) is 83.4 Å². The molecule has 6 heteroatoms. The SMILES string of the molecule is O=C1Cc2ccc(-c3ccc(O)c(O)c3)cc2C(=O)N1OCc1ccccc1. The third-order valence-corrected chi connectivity index (χ3v) is 4.60. The van der Waals surface area contributed by atoms with Gasteiger partial charge in [-0.1, -0.05) is 48.5 Å². The van der Waals surface area contributed by atoms with E-state index in [0.29, 0.717) is 22.3 Å². The topological polar surface area (TPSA) is 87.1 Å². The quantitative estimate of drug-likeness (QED) is 0.539. The van der Waals surface area contributed by atoms with Crippen molar-refractivity contribution in [3.63, 3.8) is 0 Å². The van der Waals surface area contributed by atoms with Gasteiger partial charge in [0.1, 0.15) is 6.61 Å². The average molecular weight is 375 g/mol. The average Bonchev–Trinajstić information content (AvgIpc) is 2.70. The zero-order valence-corrected chi connectivity index (χ0v) is 14.8. The number of hydrogen-bond donors (Lipinski definition) is 2. The summed E-state index contributed by atoms with van der Waals surface area (Å²) >= 11 is 0. The number of aromatic hydroxyl groups is 2. The lowest BCUT2D eigenvalue weighted by molar-refractivity contribution is -0.174. The molecule has 0 radical (unpaired) electrons. The van der Waals surface area contributed by atoms with Gasteiger partial charge in [0.25, 0.3) is 11.8 Å². The number of amides is 2. The summed E-state index contributed by atoms with van der Waals surface area (Å²) in [6.07, 6.45) is 0.0664. The molecule has 2 amide bonds. The lowest BCUT2D eigenvalue weighted by Gasteiger charge is -2.26. The molecule has 140 valence electrons. The standard InChI is InChI=1S/C22H17NO5/c24-19-9-8-16(11-20(19)25)15-6-7-17-12-21(26)23(22(27)18(17)10-15)28-13-14-4-2-1-3-5-14/h1-11,24-25H,12-13H2. The van der Waals surface area contributed by atoms with E-state index in [2.05, 4.69) is 0 Å². The van der Waals surface area contributed by atoms with E-state index >= 15 is 0 Å². The fourth-order valence-corrected chi connectivity index (χ4v) is 3.11. The summed E-state index contributed by atoms with van der Waals surface area (Å²) in [6, 6.07) is 18.9. The predicted octanol–water partition coefficient (Wildman–Crippen LogP) is 3.42. The molecule has 0 atom stereocenters. The van der Waals surface area contributed by atoms with Crippen molar-refractivity contribution in [1.82, 2.24) is 5.06 Å². The Hall–Kier alpha value is -3.64.